The molecule has 0 saturated carbocycles. The number of nitro benzene ring substituents is 1. The summed E-state index contributed by atoms with van der Waals surface area (Å²) in [7, 11) is 0. The van der Waals surface area contributed by atoms with Crippen LogP contribution in [0.1, 0.15) is 12.5 Å². The quantitative estimate of drug-likeness (QED) is 0.361. The smallest absolute Gasteiger partial charge is 0.311 e. The summed E-state index contributed by atoms with van der Waals surface area (Å²) in [4.78, 5) is 15.0. The second-order valence-corrected chi connectivity index (χ2v) is 6.19. The summed E-state index contributed by atoms with van der Waals surface area (Å²) in [6.45, 7) is 2.10. The van der Waals surface area contributed by atoms with E-state index in [4.69, 9.17) is 4.74 Å². The SMILES string of the molecule is CCOc1ccc(/C=N\Nc2nc(-c3ccc(F)cc3)cs2)cc1[N+](=O)[O-]. The first-order valence-corrected chi connectivity index (χ1v) is 8.86. The Hall–Kier alpha value is -3.33. The van der Waals surface area contributed by atoms with Crippen molar-refractivity contribution in [1.82, 2.24) is 4.98 Å². The highest BCUT2D eigenvalue weighted by atomic mass is 32.1. The van der Waals surface area contributed by atoms with Crippen LogP contribution in [0.5, 0.6) is 5.75 Å². The molecule has 27 heavy (non-hydrogen) atoms. The van der Waals surface area contributed by atoms with Gasteiger partial charge in [0.1, 0.15) is 5.82 Å². The maximum absolute atomic E-state index is 13.0. The zero-order valence-corrected chi connectivity index (χ0v) is 15.1. The van der Waals surface area contributed by atoms with Gasteiger partial charge in [-0.25, -0.2) is 9.37 Å². The first-order chi connectivity index (χ1) is 13.1. The average molecular weight is 386 g/mol. The number of halogens is 1. The van der Waals surface area contributed by atoms with Crippen molar-refractivity contribution in [3.8, 4) is 17.0 Å². The lowest BCUT2D eigenvalue weighted by atomic mass is 10.2. The number of nitro groups is 1. The van der Waals surface area contributed by atoms with Gasteiger partial charge in [-0.1, -0.05) is 0 Å². The number of hydrogen-bond acceptors (Lipinski definition) is 7. The predicted molar refractivity (Wildman–Crippen MR) is 103 cm³/mol. The van der Waals surface area contributed by atoms with Gasteiger partial charge in [0.15, 0.2) is 5.75 Å². The van der Waals surface area contributed by atoms with Gasteiger partial charge in [-0.15, -0.1) is 11.3 Å². The highest BCUT2D eigenvalue weighted by molar-refractivity contribution is 7.14. The van der Waals surface area contributed by atoms with Gasteiger partial charge in [0.25, 0.3) is 0 Å². The van der Waals surface area contributed by atoms with Crippen molar-refractivity contribution in [2.24, 2.45) is 5.10 Å². The van der Waals surface area contributed by atoms with Crippen LogP contribution in [-0.4, -0.2) is 22.7 Å². The Morgan fingerprint density at radius 3 is 2.81 bits per heavy atom. The van der Waals surface area contributed by atoms with Crippen molar-refractivity contribution < 1.29 is 14.1 Å². The van der Waals surface area contributed by atoms with Gasteiger partial charge in [0, 0.05) is 22.6 Å². The van der Waals surface area contributed by atoms with E-state index in [9.17, 15) is 14.5 Å². The molecule has 138 valence electrons. The third-order valence-electron chi connectivity index (χ3n) is 3.50. The summed E-state index contributed by atoms with van der Waals surface area (Å²) in [5.74, 6) is -0.0853. The lowest BCUT2D eigenvalue weighted by molar-refractivity contribution is -0.385. The molecule has 0 aliphatic rings. The molecule has 0 radical (unpaired) electrons. The van der Waals surface area contributed by atoms with Crippen LogP contribution in [0.3, 0.4) is 0 Å². The Labute approximate surface area is 158 Å². The first kappa shape index (κ1) is 18.5. The number of hydrogen-bond donors (Lipinski definition) is 1. The third-order valence-corrected chi connectivity index (χ3v) is 4.24. The number of benzene rings is 2. The molecule has 0 aliphatic heterocycles. The van der Waals surface area contributed by atoms with Crippen LogP contribution in [0.25, 0.3) is 11.3 Å². The zero-order chi connectivity index (χ0) is 19.2. The number of anilines is 1. The molecule has 9 heteroatoms. The number of thiazole rings is 1. The number of rotatable bonds is 7. The molecular formula is C18H15FN4O3S. The molecule has 0 amide bonds. The number of hydrazone groups is 1. The molecule has 1 heterocycles. The Morgan fingerprint density at radius 1 is 1.33 bits per heavy atom. The summed E-state index contributed by atoms with van der Waals surface area (Å²) in [6, 6.07) is 10.7. The minimum absolute atomic E-state index is 0.117. The van der Waals surface area contributed by atoms with Crippen molar-refractivity contribution in [3.05, 3.63) is 69.3 Å². The fourth-order valence-electron chi connectivity index (χ4n) is 2.28. The van der Waals surface area contributed by atoms with Gasteiger partial charge in [0.05, 0.1) is 23.4 Å². The molecule has 2 aromatic carbocycles. The van der Waals surface area contributed by atoms with Gasteiger partial charge in [-0.2, -0.15) is 5.10 Å². The van der Waals surface area contributed by atoms with E-state index in [1.54, 1.807) is 31.2 Å². The number of aromatic nitrogens is 1. The second-order valence-electron chi connectivity index (χ2n) is 5.33. The van der Waals surface area contributed by atoms with E-state index in [1.165, 1.54) is 35.8 Å². The molecule has 3 rings (SSSR count). The van der Waals surface area contributed by atoms with Crippen molar-refractivity contribution in [2.45, 2.75) is 6.92 Å². The maximum atomic E-state index is 13.0. The maximum Gasteiger partial charge on any atom is 0.311 e. The van der Waals surface area contributed by atoms with Crippen LogP contribution >= 0.6 is 11.3 Å². The molecule has 1 aromatic heterocycles. The average Bonchev–Trinajstić information content (AvgIpc) is 3.12. The largest absolute Gasteiger partial charge is 0.487 e. The Bertz CT molecular complexity index is 973. The Morgan fingerprint density at radius 2 is 2.11 bits per heavy atom. The van der Waals surface area contributed by atoms with E-state index in [1.807, 2.05) is 5.38 Å². The molecule has 0 aliphatic carbocycles. The van der Waals surface area contributed by atoms with Crippen molar-refractivity contribution in [3.63, 3.8) is 0 Å². The number of ether oxygens (including phenoxy) is 1. The molecule has 3 aromatic rings. The molecule has 0 fully saturated rings. The van der Waals surface area contributed by atoms with Gasteiger partial charge in [-0.05, 0) is 43.3 Å². The summed E-state index contributed by atoms with van der Waals surface area (Å²) < 4.78 is 18.2. The van der Waals surface area contributed by atoms with E-state index >= 15 is 0 Å². The van der Waals surface area contributed by atoms with Crippen LogP contribution in [-0.2, 0) is 0 Å². The zero-order valence-electron chi connectivity index (χ0n) is 14.3. The topological polar surface area (TPSA) is 89.7 Å². The standard InChI is InChI=1S/C18H15FN4O3S/c1-2-26-17-8-3-12(9-16(17)23(24)25)10-20-22-18-21-15(11-27-18)13-4-6-14(19)7-5-13/h3-11H,2H2,1H3,(H,21,22)/b20-10-. The van der Waals surface area contributed by atoms with Crippen LogP contribution in [0.4, 0.5) is 15.2 Å². The van der Waals surface area contributed by atoms with Crippen LogP contribution < -0.4 is 10.2 Å². The molecule has 0 atom stereocenters. The van der Waals surface area contributed by atoms with Crippen LogP contribution in [0.15, 0.2) is 52.9 Å². The Balaban J connectivity index is 1.70. The summed E-state index contributed by atoms with van der Waals surface area (Å²) in [5, 5.41) is 17.6. The van der Waals surface area contributed by atoms with Crippen molar-refractivity contribution in [2.75, 3.05) is 12.0 Å². The van der Waals surface area contributed by atoms with E-state index in [2.05, 4.69) is 15.5 Å². The Kier molecular flexibility index (Phi) is 5.72. The lowest BCUT2D eigenvalue weighted by Crippen LogP contribution is -1.99. The van der Waals surface area contributed by atoms with Gasteiger partial charge in [0.2, 0.25) is 5.13 Å². The summed E-state index contributed by atoms with van der Waals surface area (Å²) >= 11 is 1.34. The van der Waals surface area contributed by atoms with Gasteiger partial charge < -0.3 is 4.74 Å². The van der Waals surface area contributed by atoms with E-state index < -0.39 is 4.92 Å². The number of nitrogens with one attached hydrogen (secondary N) is 1. The van der Waals surface area contributed by atoms with E-state index in [0.717, 1.165) is 5.56 Å². The second kappa shape index (κ2) is 8.37. The highest BCUT2D eigenvalue weighted by Crippen LogP contribution is 2.28. The monoisotopic (exact) mass is 386 g/mol. The molecule has 0 unspecified atom stereocenters. The number of nitrogens with zero attached hydrogens (tertiary/aromatic N) is 3. The normalized spacial score (nSPS) is 10.9. The highest BCUT2D eigenvalue weighted by Gasteiger charge is 2.15. The molecule has 0 bridgehead atoms. The molecule has 0 saturated heterocycles. The van der Waals surface area contributed by atoms with Crippen molar-refractivity contribution >= 4 is 28.4 Å². The van der Waals surface area contributed by atoms with E-state index in [0.29, 0.717) is 23.0 Å². The summed E-state index contributed by atoms with van der Waals surface area (Å²) in [6.07, 6.45) is 1.46. The molecule has 0 spiro atoms. The van der Waals surface area contributed by atoms with Gasteiger partial charge >= 0.3 is 5.69 Å². The van der Waals surface area contributed by atoms with Crippen molar-refractivity contribution in [1.29, 1.82) is 0 Å². The van der Waals surface area contributed by atoms with Gasteiger partial charge in [-0.3, -0.25) is 15.5 Å². The minimum atomic E-state index is -0.494. The molecule has 7 nitrogen and oxygen atoms in total. The van der Waals surface area contributed by atoms with Crippen LogP contribution in [0.2, 0.25) is 0 Å². The molecule has 1 N–H and O–H groups in total. The van der Waals surface area contributed by atoms with Crippen LogP contribution in [0, 0.1) is 15.9 Å². The third kappa shape index (κ3) is 4.64. The minimum Gasteiger partial charge on any atom is -0.487 e. The first-order valence-electron chi connectivity index (χ1n) is 7.98. The molecular weight excluding hydrogens is 371 g/mol. The lowest BCUT2D eigenvalue weighted by Gasteiger charge is -2.04. The van der Waals surface area contributed by atoms with E-state index in [-0.39, 0.29) is 17.3 Å². The fraction of sp³-hybridized carbons (Fsp3) is 0.111. The predicted octanol–water partition coefficient (Wildman–Crippen LogP) is 4.70. The summed E-state index contributed by atoms with van der Waals surface area (Å²) in [5.41, 5.74) is 4.72. The fourth-order valence-corrected chi connectivity index (χ4v) is 2.94.